The van der Waals surface area contributed by atoms with Crippen molar-refractivity contribution in [2.75, 3.05) is 31.1 Å². The van der Waals surface area contributed by atoms with E-state index in [1.807, 2.05) is 0 Å². The van der Waals surface area contributed by atoms with E-state index in [1.54, 1.807) is 4.90 Å². The highest BCUT2D eigenvalue weighted by Gasteiger charge is 2.43. The molecule has 1 N–H and O–H groups in total. The van der Waals surface area contributed by atoms with E-state index in [-0.39, 0.29) is 22.9 Å². The molecule has 2 saturated heterocycles. The van der Waals surface area contributed by atoms with E-state index in [9.17, 15) is 18.3 Å². The third kappa shape index (κ3) is 3.56. The SMILES string of the molecule is Cc1c(F)c(F)nc(N2CCC3(CC2)CCN([C@H]2CC[C@H](O)CC2)C3)c1F. The summed E-state index contributed by atoms with van der Waals surface area (Å²) in [6, 6.07) is 0.568. The highest BCUT2D eigenvalue weighted by molar-refractivity contribution is 5.44. The Morgan fingerprint density at radius 2 is 1.59 bits per heavy atom. The van der Waals surface area contributed by atoms with Crippen LogP contribution in [0.4, 0.5) is 19.0 Å². The lowest BCUT2D eigenvalue weighted by Gasteiger charge is -2.41. The van der Waals surface area contributed by atoms with Crippen molar-refractivity contribution in [3.8, 4) is 0 Å². The average Bonchev–Trinajstić information content (AvgIpc) is 3.08. The minimum atomic E-state index is -1.23. The smallest absolute Gasteiger partial charge is 0.251 e. The van der Waals surface area contributed by atoms with Crippen LogP contribution in [-0.2, 0) is 0 Å². The molecule has 4 nitrogen and oxygen atoms in total. The van der Waals surface area contributed by atoms with Crippen LogP contribution in [0.25, 0.3) is 0 Å². The van der Waals surface area contributed by atoms with Gasteiger partial charge >= 0.3 is 0 Å². The van der Waals surface area contributed by atoms with Gasteiger partial charge in [0.2, 0.25) is 0 Å². The van der Waals surface area contributed by atoms with Crippen LogP contribution in [-0.4, -0.2) is 53.3 Å². The number of nitrogens with zero attached hydrogens (tertiary/aromatic N) is 3. The first-order valence-corrected chi connectivity index (χ1v) is 10.1. The van der Waals surface area contributed by atoms with Crippen molar-refractivity contribution in [3.63, 3.8) is 0 Å². The Morgan fingerprint density at radius 3 is 2.26 bits per heavy atom. The first-order valence-electron chi connectivity index (χ1n) is 10.1. The van der Waals surface area contributed by atoms with Crippen LogP contribution in [0.15, 0.2) is 0 Å². The van der Waals surface area contributed by atoms with Gasteiger partial charge in [-0.25, -0.2) is 8.78 Å². The number of anilines is 1. The zero-order valence-corrected chi connectivity index (χ0v) is 15.9. The molecule has 1 saturated carbocycles. The van der Waals surface area contributed by atoms with Crippen molar-refractivity contribution in [3.05, 3.63) is 23.1 Å². The number of piperidine rings is 1. The average molecular weight is 383 g/mol. The quantitative estimate of drug-likeness (QED) is 0.795. The molecule has 7 heteroatoms. The minimum absolute atomic E-state index is 0.0580. The molecule has 0 aromatic carbocycles. The maximum absolute atomic E-state index is 14.4. The molecule has 1 aromatic heterocycles. The highest BCUT2D eigenvalue weighted by Crippen LogP contribution is 2.43. The van der Waals surface area contributed by atoms with E-state index in [2.05, 4.69) is 9.88 Å². The molecular weight excluding hydrogens is 355 g/mol. The molecule has 0 bridgehead atoms. The molecule has 1 aliphatic carbocycles. The van der Waals surface area contributed by atoms with Crippen LogP contribution >= 0.6 is 0 Å². The summed E-state index contributed by atoms with van der Waals surface area (Å²) in [5, 5.41) is 9.72. The molecule has 0 amide bonds. The molecule has 0 atom stereocenters. The Labute approximate surface area is 158 Å². The number of aromatic nitrogens is 1. The van der Waals surface area contributed by atoms with Crippen molar-refractivity contribution < 1.29 is 18.3 Å². The van der Waals surface area contributed by atoms with Gasteiger partial charge in [0.05, 0.1) is 6.10 Å². The van der Waals surface area contributed by atoms with Gasteiger partial charge in [-0.1, -0.05) is 0 Å². The normalized spacial score (nSPS) is 28.9. The van der Waals surface area contributed by atoms with E-state index < -0.39 is 17.6 Å². The Bertz CT molecular complexity index is 698. The fourth-order valence-electron chi connectivity index (χ4n) is 5.13. The second-order valence-corrected chi connectivity index (χ2v) is 8.65. The fourth-order valence-corrected chi connectivity index (χ4v) is 5.13. The van der Waals surface area contributed by atoms with Crippen molar-refractivity contribution >= 4 is 5.82 Å². The predicted molar refractivity (Wildman–Crippen MR) is 97.2 cm³/mol. The summed E-state index contributed by atoms with van der Waals surface area (Å²) in [6.45, 7) is 4.61. The van der Waals surface area contributed by atoms with Gasteiger partial charge in [0.1, 0.15) is 0 Å². The molecule has 3 aliphatic rings. The summed E-state index contributed by atoms with van der Waals surface area (Å²) in [7, 11) is 0. The van der Waals surface area contributed by atoms with Gasteiger partial charge in [0, 0.05) is 31.2 Å². The van der Waals surface area contributed by atoms with E-state index in [0.29, 0.717) is 19.1 Å². The van der Waals surface area contributed by atoms with Crippen LogP contribution in [0.2, 0.25) is 0 Å². The third-order valence-electron chi connectivity index (χ3n) is 7.01. The molecule has 1 aromatic rings. The summed E-state index contributed by atoms with van der Waals surface area (Å²) in [5.74, 6) is -3.24. The van der Waals surface area contributed by atoms with Crippen molar-refractivity contribution in [1.82, 2.24) is 9.88 Å². The highest BCUT2D eigenvalue weighted by atomic mass is 19.2. The molecule has 27 heavy (non-hydrogen) atoms. The third-order valence-corrected chi connectivity index (χ3v) is 7.01. The van der Waals surface area contributed by atoms with E-state index in [1.165, 1.54) is 6.92 Å². The van der Waals surface area contributed by atoms with Crippen LogP contribution in [0.1, 0.15) is 50.5 Å². The fraction of sp³-hybridized carbons (Fsp3) is 0.750. The second kappa shape index (κ2) is 7.24. The van der Waals surface area contributed by atoms with Crippen LogP contribution < -0.4 is 4.90 Å². The lowest BCUT2D eigenvalue weighted by Crippen LogP contribution is -2.44. The van der Waals surface area contributed by atoms with Gasteiger partial charge in [-0.15, -0.1) is 0 Å². The number of halogens is 3. The number of aliphatic hydroxyl groups excluding tert-OH is 1. The molecule has 3 heterocycles. The standard InChI is InChI=1S/C20H28F3N3O/c1-13-16(21)18(23)24-19(17(13)22)25-9-6-20(7-10-25)8-11-26(12-20)14-2-4-15(27)5-3-14/h14-15,27H,2-12H2,1H3/t14-,15-. The Hall–Kier alpha value is -1.34. The van der Waals surface area contributed by atoms with Gasteiger partial charge in [-0.3, -0.25) is 4.90 Å². The molecule has 4 rings (SSSR count). The maximum Gasteiger partial charge on any atom is 0.251 e. The molecule has 3 fully saturated rings. The van der Waals surface area contributed by atoms with Gasteiger partial charge in [-0.2, -0.15) is 9.37 Å². The van der Waals surface area contributed by atoms with Gasteiger partial charge in [-0.05, 0) is 63.8 Å². The Kier molecular flexibility index (Phi) is 5.10. The van der Waals surface area contributed by atoms with Gasteiger partial charge in [0.25, 0.3) is 5.95 Å². The largest absolute Gasteiger partial charge is 0.393 e. The van der Waals surface area contributed by atoms with Crippen LogP contribution in [0, 0.1) is 29.9 Å². The Balaban J connectivity index is 1.40. The van der Waals surface area contributed by atoms with Crippen molar-refractivity contribution in [1.29, 1.82) is 0 Å². The summed E-state index contributed by atoms with van der Waals surface area (Å²) in [4.78, 5) is 7.87. The van der Waals surface area contributed by atoms with Crippen molar-refractivity contribution in [2.45, 2.75) is 64.0 Å². The number of likely N-dealkylation sites (tertiary alicyclic amines) is 1. The first-order chi connectivity index (χ1) is 12.9. The van der Waals surface area contributed by atoms with Crippen LogP contribution in [0.5, 0.6) is 0 Å². The number of hydrogen-bond acceptors (Lipinski definition) is 4. The monoisotopic (exact) mass is 383 g/mol. The molecular formula is C20H28F3N3O. The van der Waals surface area contributed by atoms with Gasteiger partial charge < -0.3 is 10.0 Å². The molecule has 150 valence electrons. The predicted octanol–water partition coefficient (Wildman–Crippen LogP) is 3.40. The summed E-state index contributed by atoms with van der Waals surface area (Å²) in [5.41, 5.74) is -0.0688. The van der Waals surface area contributed by atoms with Crippen LogP contribution in [0.3, 0.4) is 0 Å². The second-order valence-electron chi connectivity index (χ2n) is 8.65. The van der Waals surface area contributed by atoms with E-state index in [4.69, 9.17) is 0 Å². The lowest BCUT2D eigenvalue weighted by molar-refractivity contribution is 0.0762. The summed E-state index contributed by atoms with van der Waals surface area (Å²) >= 11 is 0. The van der Waals surface area contributed by atoms with E-state index in [0.717, 1.165) is 58.0 Å². The lowest BCUT2D eigenvalue weighted by atomic mass is 9.77. The molecule has 1 spiro atoms. The van der Waals surface area contributed by atoms with Crippen molar-refractivity contribution in [2.24, 2.45) is 5.41 Å². The maximum atomic E-state index is 14.4. The summed E-state index contributed by atoms with van der Waals surface area (Å²) < 4.78 is 41.5. The topological polar surface area (TPSA) is 39.6 Å². The molecule has 0 unspecified atom stereocenters. The van der Waals surface area contributed by atoms with Gasteiger partial charge in [0.15, 0.2) is 17.5 Å². The number of aliphatic hydroxyl groups is 1. The molecule has 0 radical (unpaired) electrons. The zero-order valence-electron chi connectivity index (χ0n) is 15.9. The number of pyridine rings is 1. The number of rotatable bonds is 2. The zero-order chi connectivity index (χ0) is 19.2. The first kappa shape index (κ1) is 19.0. The number of hydrogen-bond donors (Lipinski definition) is 1. The Morgan fingerprint density at radius 1 is 0.963 bits per heavy atom. The summed E-state index contributed by atoms with van der Waals surface area (Å²) in [6.07, 6.45) is 6.73. The molecule has 2 aliphatic heterocycles. The minimum Gasteiger partial charge on any atom is -0.393 e. The van der Waals surface area contributed by atoms with E-state index >= 15 is 0 Å².